The maximum absolute atomic E-state index is 6.06. The van der Waals surface area contributed by atoms with E-state index in [4.69, 9.17) is 10.5 Å². The topological polar surface area (TPSA) is 65.1 Å². The van der Waals surface area contributed by atoms with Crippen LogP contribution in [-0.4, -0.2) is 35.6 Å². The van der Waals surface area contributed by atoms with Crippen LogP contribution in [0.15, 0.2) is 12.4 Å². The summed E-state index contributed by atoms with van der Waals surface area (Å²) in [5, 5.41) is 7.56. The van der Waals surface area contributed by atoms with Crippen molar-refractivity contribution in [3.8, 4) is 0 Å². The smallest absolute Gasteiger partial charge is 0.0601 e. The van der Waals surface area contributed by atoms with Crippen LogP contribution in [0, 0.1) is 0 Å². The molecular formula is C11H20N4O. The molecule has 2 rings (SSSR count). The van der Waals surface area contributed by atoms with Crippen molar-refractivity contribution in [2.24, 2.45) is 12.8 Å². The lowest BCUT2D eigenvalue weighted by Crippen LogP contribution is -2.47. The number of nitrogens with zero attached hydrogens (tertiary/aromatic N) is 2. The Kier molecular flexibility index (Phi) is 3.58. The van der Waals surface area contributed by atoms with Crippen LogP contribution in [-0.2, 0) is 11.8 Å². The lowest BCUT2D eigenvalue weighted by atomic mass is 9.89. The van der Waals surface area contributed by atoms with Crippen LogP contribution in [0.4, 0.5) is 0 Å². The third-order valence-electron chi connectivity index (χ3n) is 3.21. The largest absolute Gasteiger partial charge is 0.381 e. The van der Waals surface area contributed by atoms with Gasteiger partial charge in [-0.15, -0.1) is 0 Å². The van der Waals surface area contributed by atoms with Crippen molar-refractivity contribution in [2.75, 3.05) is 13.7 Å². The van der Waals surface area contributed by atoms with Crippen molar-refractivity contribution in [2.45, 2.75) is 31.0 Å². The van der Waals surface area contributed by atoms with Gasteiger partial charge in [-0.2, -0.15) is 5.10 Å². The molecule has 0 saturated heterocycles. The summed E-state index contributed by atoms with van der Waals surface area (Å²) in [6.45, 7) is 0.798. The van der Waals surface area contributed by atoms with Gasteiger partial charge in [0, 0.05) is 44.5 Å². The quantitative estimate of drug-likeness (QED) is 0.749. The van der Waals surface area contributed by atoms with E-state index < -0.39 is 0 Å². The third kappa shape index (κ3) is 2.61. The Balaban J connectivity index is 1.70. The zero-order chi connectivity index (χ0) is 11.5. The molecule has 0 spiro atoms. The van der Waals surface area contributed by atoms with Gasteiger partial charge in [0.2, 0.25) is 0 Å². The van der Waals surface area contributed by atoms with E-state index in [0.29, 0.717) is 12.1 Å². The van der Waals surface area contributed by atoms with Gasteiger partial charge in [-0.25, -0.2) is 0 Å². The van der Waals surface area contributed by atoms with Gasteiger partial charge < -0.3 is 15.8 Å². The van der Waals surface area contributed by atoms with Gasteiger partial charge in [-0.3, -0.25) is 4.68 Å². The molecule has 1 aliphatic carbocycles. The fraction of sp³-hybridized carbons (Fsp3) is 0.727. The molecule has 1 fully saturated rings. The van der Waals surface area contributed by atoms with E-state index in [1.54, 1.807) is 11.8 Å². The Bertz CT molecular complexity index is 332. The fourth-order valence-electron chi connectivity index (χ4n) is 1.97. The van der Waals surface area contributed by atoms with Crippen molar-refractivity contribution in [1.29, 1.82) is 0 Å². The lowest BCUT2D eigenvalue weighted by molar-refractivity contribution is 0.0172. The molecule has 0 bridgehead atoms. The van der Waals surface area contributed by atoms with Crippen molar-refractivity contribution in [3.63, 3.8) is 0 Å². The standard InChI is InChI=1S/C11H20N4O/c1-15-7-8(5-14-15)11(12)6-13-9-3-10(4-9)16-2/h5,7,9-11,13H,3-4,6,12H2,1-2H3. The highest BCUT2D eigenvalue weighted by molar-refractivity contribution is 5.10. The zero-order valence-electron chi connectivity index (χ0n) is 9.89. The average Bonchev–Trinajstić information content (AvgIpc) is 2.62. The zero-order valence-corrected chi connectivity index (χ0v) is 9.89. The molecule has 1 unspecified atom stereocenters. The fourth-order valence-corrected chi connectivity index (χ4v) is 1.97. The summed E-state index contributed by atoms with van der Waals surface area (Å²) < 4.78 is 7.00. The van der Waals surface area contributed by atoms with Crippen molar-refractivity contribution < 1.29 is 4.74 Å². The van der Waals surface area contributed by atoms with Crippen molar-refractivity contribution >= 4 is 0 Å². The molecule has 16 heavy (non-hydrogen) atoms. The van der Waals surface area contributed by atoms with Gasteiger partial charge in [-0.1, -0.05) is 0 Å². The Labute approximate surface area is 96.0 Å². The summed E-state index contributed by atoms with van der Waals surface area (Å²) >= 11 is 0. The first-order chi connectivity index (χ1) is 7.69. The molecule has 1 heterocycles. The highest BCUT2D eigenvalue weighted by atomic mass is 16.5. The second-order valence-corrected chi connectivity index (χ2v) is 4.49. The van der Waals surface area contributed by atoms with Crippen LogP contribution in [0.1, 0.15) is 24.4 Å². The van der Waals surface area contributed by atoms with Gasteiger partial charge >= 0.3 is 0 Å². The van der Waals surface area contributed by atoms with Crippen LogP contribution < -0.4 is 11.1 Å². The maximum atomic E-state index is 6.06. The van der Waals surface area contributed by atoms with Gasteiger partial charge in [0.1, 0.15) is 0 Å². The Morgan fingerprint density at radius 1 is 1.69 bits per heavy atom. The number of hydrogen-bond donors (Lipinski definition) is 2. The second-order valence-electron chi connectivity index (χ2n) is 4.49. The first-order valence-corrected chi connectivity index (χ1v) is 5.69. The number of nitrogens with two attached hydrogens (primary N) is 1. The minimum atomic E-state index is 0.0234. The van der Waals surface area contributed by atoms with Crippen LogP contribution in [0.25, 0.3) is 0 Å². The van der Waals surface area contributed by atoms with Crippen LogP contribution in [0.2, 0.25) is 0 Å². The normalized spacial score (nSPS) is 26.4. The number of hydrogen-bond acceptors (Lipinski definition) is 4. The second kappa shape index (κ2) is 4.95. The molecule has 0 aliphatic heterocycles. The molecule has 1 atom stereocenters. The van der Waals surface area contributed by atoms with Crippen LogP contribution in [0.3, 0.4) is 0 Å². The Morgan fingerprint density at radius 3 is 3.00 bits per heavy atom. The SMILES string of the molecule is COC1CC(NCC(N)c2cnn(C)c2)C1. The monoisotopic (exact) mass is 224 g/mol. The van der Waals surface area contributed by atoms with Crippen LogP contribution in [0.5, 0.6) is 0 Å². The van der Waals surface area contributed by atoms with Crippen LogP contribution >= 0.6 is 0 Å². The Morgan fingerprint density at radius 2 is 2.44 bits per heavy atom. The van der Waals surface area contributed by atoms with E-state index in [2.05, 4.69) is 10.4 Å². The maximum Gasteiger partial charge on any atom is 0.0601 e. The van der Waals surface area contributed by atoms with E-state index in [-0.39, 0.29) is 6.04 Å². The predicted molar refractivity (Wildman–Crippen MR) is 62.0 cm³/mol. The molecule has 5 nitrogen and oxygen atoms in total. The van der Waals surface area contributed by atoms with Gasteiger partial charge in [0.15, 0.2) is 0 Å². The van der Waals surface area contributed by atoms with E-state index >= 15 is 0 Å². The summed E-state index contributed by atoms with van der Waals surface area (Å²) in [4.78, 5) is 0. The number of aromatic nitrogens is 2. The molecule has 1 aromatic heterocycles. The molecule has 3 N–H and O–H groups in total. The number of nitrogens with one attached hydrogen (secondary N) is 1. The van der Waals surface area contributed by atoms with E-state index in [1.807, 2.05) is 19.4 Å². The van der Waals surface area contributed by atoms with Gasteiger partial charge in [0.05, 0.1) is 12.3 Å². The molecule has 0 radical (unpaired) electrons. The third-order valence-corrected chi connectivity index (χ3v) is 3.21. The van der Waals surface area contributed by atoms with Crippen molar-refractivity contribution in [1.82, 2.24) is 15.1 Å². The summed E-state index contributed by atoms with van der Waals surface area (Å²) in [5.41, 5.74) is 7.14. The van der Waals surface area contributed by atoms with E-state index in [1.165, 1.54) is 0 Å². The summed E-state index contributed by atoms with van der Waals surface area (Å²) in [7, 11) is 3.67. The molecule has 1 saturated carbocycles. The number of aryl methyl sites for hydroxylation is 1. The summed E-state index contributed by atoms with van der Waals surface area (Å²) in [6, 6.07) is 0.586. The molecule has 1 aliphatic rings. The minimum Gasteiger partial charge on any atom is -0.381 e. The first kappa shape index (κ1) is 11.6. The molecule has 0 aromatic carbocycles. The van der Waals surface area contributed by atoms with Crippen molar-refractivity contribution in [3.05, 3.63) is 18.0 Å². The lowest BCUT2D eigenvalue weighted by Gasteiger charge is -2.35. The molecular weight excluding hydrogens is 204 g/mol. The number of rotatable bonds is 5. The number of methoxy groups -OCH3 is 1. The predicted octanol–water partition coefficient (Wildman–Crippen LogP) is 0.187. The van der Waals surface area contributed by atoms with Gasteiger partial charge in [-0.05, 0) is 12.8 Å². The molecule has 5 heteroatoms. The van der Waals surface area contributed by atoms with Gasteiger partial charge in [0.25, 0.3) is 0 Å². The highest BCUT2D eigenvalue weighted by Gasteiger charge is 2.28. The molecule has 0 amide bonds. The number of ether oxygens (including phenoxy) is 1. The molecule has 1 aromatic rings. The summed E-state index contributed by atoms with van der Waals surface area (Å²) in [6.07, 6.45) is 6.41. The Hall–Kier alpha value is -0.910. The van der Waals surface area contributed by atoms with E-state index in [0.717, 1.165) is 24.9 Å². The van der Waals surface area contributed by atoms with E-state index in [9.17, 15) is 0 Å². The molecule has 90 valence electrons. The highest BCUT2D eigenvalue weighted by Crippen LogP contribution is 2.22. The summed E-state index contributed by atoms with van der Waals surface area (Å²) in [5.74, 6) is 0. The average molecular weight is 224 g/mol. The minimum absolute atomic E-state index is 0.0234. The first-order valence-electron chi connectivity index (χ1n) is 5.69.